The van der Waals surface area contributed by atoms with Gasteiger partial charge in [0.25, 0.3) is 0 Å². The maximum atomic E-state index is 12.5. The molecule has 1 amide bonds. The van der Waals surface area contributed by atoms with Crippen LogP contribution in [0.4, 0.5) is 0 Å². The summed E-state index contributed by atoms with van der Waals surface area (Å²) in [7, 11) is 3.24. The second-order valence-electron chi connectivity index (χ2n) is 6.38. The van der Waals surface area contributed by atoms with Gasteiger partial charge < -0.3 is 14.8 Å². The van der Waals surface area contributed by atoms with Gasteiger partial charge in [-0.3, -0.25) is 4.79 Å². The molecule has 0 spiro atoms. The van der Waals surface area contributed by atoms with Crippen molar-refractivity contribution in [3.8, 4) is 11.5 Å². The minimum Gasteiger partial charge on any atom is -0.493 e. The Morgan fingerprint density at radius 3 is 2.48 bits per heavy atom. The van der Waals surface area contributed by atoms with E-state index in [0.29, 0.717) is 17.9 Å². The maximum absolute atomic E-state index is 12.5. The molecule has 7 heteroatoms. The minimum atomic E-state index is 0. The molecule has 0 bridgehead atoms. The molecule has 2 heterocycles. The van der Waals surface area contributed by atoms with Crippen LogP contribution >= 0.6 is 12.4 Å². The van der Waals surface area contributed by atoms with Gasteiger partial charge in [-0.2, -0.15) is 5.10 Å². The Labute approximate surface area is 155 Å². The van der Waals surface area contributed by atoms with E-state index in [1.54, 1.807) is 19.2 Å². The van der Waals surface area contributed by atoms with E-state index in [9.17, 15) is 4.79 Å². The van der Waals surface area contributed by atoms with Crippen molar-refractivity contribution in [2.75, 3.05) is 27.3 Å². The molecule has 2 aliphatic rings. The van der Waals surface area contributed by atoms with Gasteiger partial charge in [0.2, 0.25) is 5.91 Å². The molecular formula is C18H26ClN3O3. The number of hydrogen-bond donors (Lipinski definition) is 1. The Bertz CT molecular complexity index is 644. The second-order valence-corrected chi connectivity index (χ2v) is 6.38. The predicted molar refractivity (Wildman–Crippen MR) is 99.8 cm³/mol. The van der Waals surface area contributed by atoms with E-state index in [1.165, 1.54) is 0 Å². The summed E-state index contributed by atoms with van der Waals surface area (Å²) in [5.41, 5.74) is 1.92. The first-order chi connectivity index (χ1) is 11.6. The summed E-state index contributed by atoms with van der Waals surface area (Å²) in [5, 5.41) is 9.79. The number of hydrazone groups is 1. The van der Waals surface area contributed by atoms with E-state index in [-0.39, 0.29) is 30.3 Å². The van der Waals surface area contributed by atoms with Crippen LogP contribution in [0.2, 0.25) is 0 Å². The first-order valence-corrected chi connectivity index (χ1v) is 8.47. The number of hydrogen-bond acceptors (Lipinski definition) is 5. The Morgan fingerprint density at radius 2 is 1.84 bits per heavy atom. The normalized spacial score (nSPS) is 21.4. The summed E-state index contributed by atoms with van der Waals surface area (Å²) >= 11 is 0. The summed E-state index contributed by atoms with van der Waals surface area (Å²) < 4.78 is 10.7. The van der Waals surface area contributed by atoms with Crippen molar-refractivity contribution in [2.24, 2.45) is 11.0 Å². The second kappa shape index (κ2) is 8.54. The molecule has 0 aliphatic carbocycles. The number of piperidine rings is 1. The van der Waals surface area contributed by atoms with Crippen LogP contribution < -0.4 is 14.8 Å². The third kappa shape index (κ3) is 4.07. The van der Waals surface area contributed by atoms with E-state index >= 15 is 0 Å². The fourth-order valence-electron chi connectivity index (χ4n) is 3.40. The topological polar surface area (TPSA) is 63.2 Å². The van der Waals surface area contributed by atoms with Gasteiger partial charge in [0.15, 0.2) is 11.5 Å². The SMILES string of the molecule is COc1ccc(C2=NN(C3CCNCC3)C(=O)CC2C)cc1OC.Cl. The van der Waals surface area contributed by atoms with E-state index < -0.39 is 0 Å². The van der Waals surface area contributed by atoms with E-state index in [2.05, 4.69) is 5.32 Å². The van der Waals surface area contributed by atoms with Crippen molar-refractivity contribution in [2.45, 2.75) is 32.2 Å². The van der Waals surface area contributed by atoms with Crippen molar-refractivity contribution in [3.05, 3.63) is 23.8 Å². The number of methoxy groups -OCH3 is 2. The van der Waals surface area contributed by atoms with Crippen LogP contribution in [0, 0.1) is 5.92 Å². The van der Waals surface area contributed by atoms with Crippen LogP contribution in [-0.4, -0.2) is 50.0 Å². The highest BCUT2D eigenvalue weighted by molar-refractivity contribution is 6.06. The summed E-state index contributed by atoms with van der Waals surface area (Å²) in [4.78, 5) is 12.5. The molecule has 1 atom stereocenters. The molecule has 0 aromatic heterocycles. The number of nitrogens with zero attached hydrogens (tertiary/aromatic N) is 2. The largest absolute Gasteiger partial charge is 0.493 e. The third-order valence-corrected chi connectivity index (χ3v) is 4.75. The number of rotatable bonds is 4. The summed E-state index contributed by atoms with van der Waals surface area (Å²) in [5.74, 6) is 1.58. The van der Waals surface area contributed by atoms with Crippen LogP contribution in [0.15, 0.2) is 23.3 Å². The average molecular weight is 368 g/mol. The molecule has 1 unspecified atom stereocenters. The third-order valence-electron chi connectivity index (χ3n) is 4.75. The Balaban J connectivity index is 0.00000225. The Kier molecular flexibility index (Phi) is 6.67. The first kappa shape index (κ1) is 19.5. The fraction of sp³-hybridized carbons (Fsp3) is 0.556. The van der Waals surface area contributed by atoms with E-state index in [4.69, 9.17) is 14.6 Å². The van der Waals surface area contributed by atoms with Gasteiger partial charge in [0, 0.05) is 17.9 Å². The molecule has 138 valence electrons. The van der Waals surface area contributed by atoms with Crippen molar-refractivity contribution in [3.63, 3.8) is 0 Å². The molecule has 0 saturated carbocycles. The average Bonchev–Trinajstić information content (AvgIpc) is 2.62. The summed E-state index contributed by atoms with van der Waals surface area (Å²) in [6.45, 7) is 3.92. The smallest absolute Gasteiger partial charge is 0.243 e. The molecule has 0 radical (unpaired) electrons. The number of carbonyl (C=O) groups is 1. The van der Waals surface area contributed by atoms with Crippen molar-refractivity contribution in [1.29, 1.82) is 0 Å². The van der Waals surface area contributed by atoms with Crippen LogP contribution in [-0.2, 0) is 4.79 Å². The molecule has 1 fully saturated rings. The predicted octanol–water partition coefficient (Wildman–Crippen LogP) is 2.45. The molecular weight excluding hydrogens is 342 g/mol. The number of benzene rings is 1. The van der Waals surface area contributed by atoms with Crippen molar-refractivity contribution >= 4 is 24.0 Å². The maximum Gasteiger partial charge on any atom is 0.243 e. The number of amides is 1. The van der Waals surface area contributed by atoms with Gasteiger partial charge in [-0.15, -0.1) is 12.4 Å². The number of nitrogens with one attached hydrogen (secondary N) is 1. The Hall–Kier alpha value is -1.79. The monoisotopic (exact) mass is 367 g/mol. The van der Waals surface area contributed by atoms with Crippen LogP contribution in [0.5, 0.6) is 11.5 Å². The zero-order chi connectivity index (χ0) is 17.1. The standard InChI is InChI=1S/C18H25N3O3.ClH/c1-12-10-17(22)21(14-6-8-19-9-7-14)20-18(12)13-4-5-15(23-2)16(11-13)24-3;/h4-5,11-12,14,19H,6-10H2,1-3H3;1H. The van der Waals surface area contributed by atoms with E-state index in [0.717, 1.165) is 37.2 Å². The molecule has 3 rings (SSSR count). The van der Waals surface area contributed by atoms with Crippen LogP contribution in [0.3, 0.4) is 0 Å². The van der Waals surface area contributed by atoms with E-state index in [1.807, 2.05) is 25.1 Å². The lowest BCUT2D eigenvalue weighted by Crippen LogP contribution is -2.47. The van der Waals surface area contributed by atoms with Gasteiger partial charge in [0.05, 0.1) is 26.0 Å². The number of halogens is 1. The molecule has 1 saturated heterocycles. The van der Waals surface area contributed by atoms with Gasteiger partial charge in [-0.25, -0.2) is 5.01 Å². The zero-order valence-corrected chi connectivity index (χ0v) is 15.8. The quantitative estimate of drug-likeness (QED) is 0.887. The van der Waals surface area contributed by atoms with Crippen molar-refractivity contribution in [1.82, 2.24) is 10.3 Å². The molecule has 2 aliphatic heterocycles. The van der Waals surface area contributed by atoms with Crippen LogP contribution in [0.25, 0.3) is 0 Å². The zero-order valence-electron chi connectivity index (χ0n) is 14.9. The number of carbonyl (C=O) groups excluding carboxylic acids is 1. The van der Waals surface area contributed by atoms with Gasteiger partial charge in [-0.05, 0) is 44.1 Å². The fourth-order valence-corrected chi connectivity index (χ4v) is 3.40. The first-order valence-electron chi connectivity index (χ1n) is 8.47. The highest BCUT2D eigenvalue weighted by Crippen LogP contribution is 2.31. The summed E-state index contributed by atoms with van der Waals surface area (Å²) in [6, 6.07) is 5.99. The minimum absolute atomic E-state index is 0. The van der Waals surface area contributed by atoms with Crippen LogP contribution in [0.1, 0.15) is 31.7 Å². The molecule has 1 N–H and O–H groups in total. The number of ether oxygens (including phenoxy) is 2. The molecule has 1 aromatic rings. The lowest BCUT2D eigenvalue weighted by molar-refractivity contribution is -0.135. The molecule has 6 nitrogen and oxygen atoms in total. The van der Waals surface area contributed by atoms with Gasteiger partial charge >= 0.3 is 0 Å². The lowest BCUT2D eigenvalue weighted by atomic mass is 9.92. The molecule has 1 aromatic carbocycles. The molecule has 25 heavy (non-hydrogen) atoms. The highest BCUT2D eigenvalue weighted by atomic mass is 35.5. The van der Waals surface area contributed by atoms with Gasteiger partial charge in [0.1, 0.15) is 0 Å². The van der Waals surface area contributed by atoms with Gasteiger partial charge in [-0.1, -0.05) is 6.92 Å². The summed E-state index contributed by atoms with van der Waals surface area (Å²) in [6.07, 6.45) is 2.39. The highest BCUT2D eigenvalue weighted by Gasteiger charge is 2.32. The lowest BCUT2D eigenvalue weighted by Gasteiger charge is -2.35. The Morgan fingerprint density at radius 1 is 1.16 bits per heavy atom. The van der Waals surface area contributed by atoms with Crippen molar-refractivity contribution < 1.29 is 14.3 Å².